The summed E-state index contributed by atoms with van der Waals surface area (Å²) < 4.78 is 5.15. The fourth-order valence-electron chi connectivity index (χ4n) is 3.03. The number of methoxy groups -OCH3 is 1. The molecule has 1 aliphatic heterocycles. The summed E-state index contributed by atoms with van der Waals surface area (Å²) in [7, 11) is 1.79. The van der Waals surface area contributed by atoms with E-state index in [4.69, 9.17) is 4.74 Å². The Morgan fingerprint density at radius 2 is 1.83 bits per heavy atom. The van der Waals surface area contributed by atoms with E-state index in [1.54, 1.807) is 7.11 Å². The molecular formula is C15H32N2O. The molecule has 0 saturated carbocycles. The lowest BCUT2D eigenvalue weighted by molar-refractivity contribution is 0.00674. The van der Waals surface area contributed by atoms with E-state index in [-0.39, 0.29) is 5.54 Å². The third kappa shape index (κ3) is 3.94. The minimum atomic E-state index is 0.245. The molecule has 0 aliphatic carbocycles. The molecule has 3 heteroatoms. The highest BCUT2D eigenvalue weighted by Gasteiger charge is 2.41. The van der Waals surface area contributed by atoms with Crippen molar-refractivity contribution in [1.82, 2.24) is 10.2 Å². The zero-order valence-electron chi connectivity index (χ0n) is 13.0. The quantitative estimate of drug-likeness (QED) is 0.709. The zero-order valence-corrected chi connectivity index (χ0v) is 13.0. The summed E-state index contributed by atoms with van der Waals surface area (Å²) in [5, 5.41) is 3.72. The highest BCUT2D eigenvalue weighted by Crippen LogP contribution is 2.30. The average molecular weight is 256 g/mol. The van der Waals surface area contributed by atoms with E-state index in [2.05, 4.69) is 37.9 Å². The Labute approximate surface area is 113 Å². The first-order valence-corrected chi connectivity index (χ1v) is 7.48. The third-order valence-electron chi connectivity index (χ3n) is 4.50. The topological polar surface area (TPSA) is 24.5 Å². The van der Waals surface area contributed by atoms with Gasteiger partial charge in [0.05, 0.1) is 0 Å². The minimum Gasteiger partial charge on any atom is -0.385 e. The van der Waals surface area contributed by atoms with Gasteiger partial charge in [0.2, 0.25) is 0 Å². The van der Waals surface area contributed by atoms with Gasteiger partial charge in [0, 0.05) is 37.9 Å². The smallest absolute Gasteiger partial charge is 0.0462 e. The van der Waals surface area contributed by atoms with Gasteiger partial charge in [0.15, 0.2) is 0 Å². The number of ether oxygens (including phenoxy) is 1. The van der Waals surface area contributed by atoms with Gasteiger partial charge in [-0.2, -0.15) is 0 Å². The van der Waals surface area contributed by atoms with Gasteiger partial charge in [-0.05, 0) is 46.1 Å². The number of piperazine rings is 1. The minimum absolute atomic E-state index is 0.245. The Balaban J connectivity index is 2.60. The molecule has 0 atom stereocenters. The molecule has 1 fully saturated rings. The second-order valence-electron chi connectivity index (χ2n) is 6.29. The highest BCUT2D eigenvalue weighted by atomic mass is 16.5. The van der Waals surface area contributed by atoms with Crippen LogP contribution >= 0.6 is 0 Å². The van der Waals surface area contributed by atoms with Crippen molar-refractivity contribution in [2.45, 2.75) is 64.5 Å². The molecular weight excluding hydrogens is 224 g/mol. The summed E-state index contributed by atoms with van der Waals surface area (Å²) in [6.45, 7) is 13.6. The van der Waals surface area contributed by atoms with Crippen molar-refractivity contribution in [3.63, 3.8) is 0 Å². The Morgan fingerprint density at radius 3 is 2.39 bits per heavy atom. The summed E-state index contributed by atoms with van der Waals surface area (Å²) in [4.78, 5) is 2.72. The number of hydrogen-bond donors (Lipinski definition) is 1. The predicted molar refractivity (Wildman–Crippen MR) is 78.1 cm³/mol. The van der Waals surface area contributed by atoms with Gasteiger partial charge in [0.25, 0.3) is 0 Å². The monoisotopic (exact) mass is 256 g/mol. The summed E-state index contributed by atoms with van der Waals surface area (Å²) in [6, 6.07) is 0. The second-order valence-corrected chi connectivity index (χ2v) is 6.29. The molecule has 3 nitrogen and oxygen atoms in total. The largest absolute Gasteiger partial charge is 0.385 e. The summed E-state index contributed by atoms with van der Waals surface area (Å²) in [5.41, 5.74) is 0.609. The maximum absolute atomic E-state index is 5.15. The molecule has 1 rings (SSSR count). The standard InChI is InChI=1S/C15H32N2O/c1-6-15(7-2)12-16-14(3,4)13-17(15)10-8-9-11-18-5/h16H,6-13H2,1-5H3. The van der Waals surface area contributed by atoms with E-state index >= 15 is 0 Å². The van der Waals surface area contributed by atoms with E-state index in [1.165, 1.54) is 32.2 Å². The van der Waals surface area contributed by atoms with E-state index < -0.39 is 0 Å². The summed E-state index contributed by atoms with van der Waals surface area (Å²) >= 11 is 0. The molecule has 18 heavy (non-hydrogen) atoms. The van der Waals surface area contributed by atoms with Crippen molar-refractivity contribution < 1.29 is 4.74 Å². The molecule has 0 spiro atoms. The van der Waals surface area contributed by atoms with E-state index in [9.17, 15) is 0 Å². The molecule has 1 heterocycles. The van der Waals surface area contributed by atoms with Crippen molar-refractivity contribution in [2.75, 3.05) is 33.4 Å². The van der Waals surface area contributed by atoms with Crippen LogP contribution in [-0.4, -0.2) is 49.3 Å². The molecule has 108 valence electrons. The van der Waals surface area contributed by atoms with Crippen molar-refractivity contribution >= 4 is 0 Å². The van der Waals surface area contributed by atoms with Crippen LogP contribution in [-0.2, 0) is 4.74 Å². The Hall–Kier alpha value is -0.120. The maximum atomic E-state index is 5.15. The van der Waals surface area contributed by atoms with Crippen LogP contribution < -0.4 is 5.32 Å². The fraction of sp³-hybridized carbons (Fsp3) is 1.00. The predicted octanol–water partition coefficient (Wildman–Crippen LogP) is 2.66. The maximum Gasteiger partial charge on any atom is 0.0462 e. The highest BCUT2D eigenvalue weighted by molar-refractivity contribution is 5.00. The first-order valence-electron chi connectivity index (χ1n) is 7.48. The van der Waals surface area contributed by atoms with Crippen molar-refractivity contribution in [1.29, 1.82) is 0 Å². The van der Waals surface area contributed by atoms with Crippen LogP contribution in [0.5, 0.6) is 0 Å². The van der Waals surface area contributed by atoms with E-state index in [0.717, 1.165) is 19.7 Å². The van der Waals surface area contributed by atoms with Gasteiger partial charge < -0.3 is 10.1 Å². The molecule has 1 N–H and O–H groups in total. The normalized spacial score (nSPS) is 23.2. The molecule has 0 amide bonds. The molecule has 0 bridgehead atoms. The summed E-state index contributed by atoms with van der Waals surface area (Å²) in [5.74, 6) is 0. The lowest BCUT2D eigenvalue weighted by Gasteiger charge is -2.52. The van der Waals surface area contributed by atoms with E-state index in [0.29, 0.717) is 5.54 Å². The van der Waals surface area contributed by atoms with Crippen LogP contribution in [0, 0.1) is 0 Å². The fourth-order valence-corrected chi connectivity index (χ4v) is 3.03. The number of nitrogens with zero attached hydrogens (tertiary/aromatic N) is 1. The van der Waals surface area contributed by atoms with Crippen LogP contribution in [0.3, 0.4) is 0 Å². The number of nitrogens with one attached hydrogen (secondary N) is 1. The van der Waals surface area contributed by atoms with Gasteiger partial charge in [-0.25, -0.2) is 0 Å². The molecule has 1 aliphatic rings. The van der Waals surface area contributed by atoms with Crippen LogP contribution in [0.2, 0.25) is 0 Å². The Kier molecular flexibility index (Phi) is 6.09. The molecule has 0 aromatic heterocycles. The van der Waals surface area contributed by atoms with Gasteiger partial charge in [-0.3, -0.25) is 4.90 Å². The van der Waals surface area contributed by atoms with Crippen LogP contribution in [0.1, 0.15) is 53.4 Å². The Bertz CT molecular complexity index is 237. The van der Waals surface area contributed by atoms with Crippen molar-refractivity contribution in [3.8, 4) is 0 Å². The zero-order chi connectivity index (χ0) is 13.6. The molecule has 0 radical (unpaired) electrons. The van der Waals surface area contributed by atoms with Crippen LogP contribution in [0.15, 0.2) is 0 Å². The van der Waals surface area contributed by atoms with Gasteiger partial charge >= 0.3 is 0 Å². The van der Waals surface area contributed by atoms with Gasteiger partial charge in [0.1, 0.15) is 0 Å². The van der Waals surface area contributed by atoms with Crippen molar-refractivity contribution in [3.05, 3.63) is 0 Å². The first-order chi connectivity index (χ1) is 8.49. The molecule has 1 saturated heterocycles. The van der Waals surface area contributed by atoms with Gasteiger partial charge in [-0.1, -0.05) is 13.8 Å². The van der Waals surface area contributed by atoms with Crippen LogP contribution in [0.25, 0.3) is 0 Å². The average Bonchev–Trinajstić information content (AvgIpc) is 2.35. The van der Waals surface area contributed by atoms with Gasteiger partial charge in [-0.15, -0.1) is 0 Å². The Morgan fingerprint density at radius 1 is 1.17 bits per heavy atom. The molecule has 0 unspecified atom stereocenters. The SMILES string of the molecule is CCC1(CC)CNC(C)(C)CN1CCCCOC. The molecule has 0 aromatic carbocycles. The van der Waals surface area contributed by atoms with Crippen LogP contribution in [0.4, 0.5) is 0 Å². The number of rotatable bonds is 7. The third-order valence-corrected chi connectivity index (χ3v) is 4.50. The van der Waals surface area contributed by atoms with E-state index in [1.807, 2.05) is 0 Å². The second kappa shape index (κ2) is 6.88. The van der Waals surface area contributed by atoms with Crippen molar-refractivity contribution in [2.24, 2.45) is 0 Å². The lowest BCUT2D eigenvalue weighted by Crippen LogP contribution is -2.68. The first kappa shape index (κ1) is 15.9. The number of hydrogen-bond acceptors (Lipinski definition) is 3. The lowest BCUT2D eigenvalue weighted by atomic mass is 9.84. The number of unbranched alkanes of at least 4 members (excludes halogenated alkanes) is 1. The summed E-state index contributed by atoms with van der Waals surface area (Å²) in [6.07, 6.45) is 4.88. The molecule has 0 aromatic rings.